The minimum Gasteiger partial charge on any atom is -0.508 e. The number of piperazine rings is 1. The summed E-state index contributed by atoms with van der Waals surface area (Å²) >= 11 is 0. The van der Waals surface area contributed by atoms with E-state index < -0.39 is 0 Å². The molecule has 0 amide bonds. The number of hydrogen-bond acceptors (Lipinski definition) is 6. The zero-order valence-electron chi connectivity index (χ0n) is 19.6. The molecule has 1 fully saturated rings. The molecule has 0 saturated carbocycles. The number of carbonyl (C=O) groups excluding carboxylic acids is 2. The van der Waals surface area contributed by atoms with Gasteiger partial charge in [-0.15, -0.1) is 0 Å². The SMILES string of the molecule is O=C(C=Cc1ccc(O)cc1)CC(=O)C=Cc1cccnc1N1CCN(Cc2ccccc2)CC1. The van der Waals surface area contributed by atoms with Gasteiger partial charge in [0.05, 0.1) is 6.42 Å². The predicted octanol–water partition coefficient (Wildman–Crippen LogP) is 4.36. The van der Waals surface area contributed by atoms with Crippen LogP contribution in [0.2, 0.25) is 0 Å². The number of benzene rings is 2. The lowest BCUT2D eigenvalue weighted by Crippen LogP contribution is -2.46. The zero-order valence-corrected chi connectivity index (χ0v) is 19.6. The number of rotatable bonds is 9. The van der Waals surface area contributed by atoms with Gasteiger partial charge in [-0.1, -0.05) is 48.5 Å². The molecule has 1 aliphatic heterocycles. The first-order valence-electron chi connectivity index (χ1n) is 11.7. The summed E-state index contributed by atoms with van der Waals surface area (Å²) in [6.45, 7) is 4.54. The van der Waals surface area contributed by atoms with Crippen LogP contribution in [0.4, 0.5) is 5.82 Å². The molecule has 2 aromatic carbocycles. The Labute approximate surface area is 205 Å². The second-order valence-corrected chi connectivity index (χ2v) is 8.53. The maximum absolute atomic E-state index is 12.4. The first-order chi connectivity index (χ1) is 17.1. The van der Waals surface area contributed by atoms with Crippen LogP contribution in [-0.4, -0.2) is 52.7 Å². The summed E-state index contributed by atoms with van der Waals surface area (Å²) in [5.41, 5.74) is 2.96. The van der Waals surface area contributed by atoms with E-state index in [1.165, 1.54) is 17.7 Å². The summed E-state index contributed by atoms with van der Waals surface area (Å²) in [7, 11) is 0. The minimum atomic E-state index is -0.270. The number of hydrogen-bond donors (Lipinski definition) is 1. The third kappa shape index (κ3) is 7.22. The molecule has 6 heteroatoms. The summed E-state index contributed by atoms with van der Waals surface area (Å²) in [4.78, 5) is 33.8. The Morgan fingerprint density at radius 1 is 0.829 bits per heavy atom. The Hall–Kier alpha value is -4.03. The molecule has 6 nitrogen and oxygen atoms in total. The summed E-state index contributed by atoms with van der Waals surface area (Å²) in [5.74, 6) is 0.494. The molecular weight excluding hydrogens is 438 g/mol. The van der Waals surface area contributed by atoms with Crippen molar-refractivity contribution in [3.63, 3.8) is 0 Å². The third-order valence-electron chi connectivity index (χ3n) is 5.89. The van der Waals surface area contributed by atoms with E-state index in [0.717, 1.165) is 49.7 Å². The Morgan fingerprint density at radius 3 is 2.23 bits per heavy atom. The van der Waals surface area contributed by atoms with Crippen molar-refractivity contribution in [1.29, 1.82) is 0 Å². The Morgan fingerprint density at radius 2 is 1.51 bits per heavy atom. The molecule has 0 atom stereocenters. The van der Waals surface area contributed by atoms with Gasteiger partial charge in [0.25, 0.3) is 0 Å². The van der Waals surface area contributed by atoms with Crippen LogP contribution in [-0.2, 0) is 16.1 Å². The van der Waals surface area contributed by atoms with Crippen LogP contribution >= 0.6 is 0 Å². The van der Waals surface area contributed by atoms with Gasteiger partial charge < -0.3 is 10.0 Å². The summed E-state index contributed by atoms with van der Waals surface area (Å²) in [6.07, 6.45) is 7.80. The number of carbonyl (C=O) groups is 2. The largest absolute Gasteiger partial charge is 0.508 e. The van der Waals surface area contributed by atoms with Gasteiger partial charge in [-0.2, -0.15) is 0 Å². The first kappa shape index (κ1) is 24.1. The smallest absolute Gasteiger partial charge is 0.163 e. The molecule has 0 aliphatic carbocycles. The van der Waals surface area contributed by atoms with Gasteiger partial charge in [-0.25, -0.2) is 4.98 Å². The van der Waals surface area contributed by atoms with E-state index in [4.69, 9.17) is 0 Å². The number of nitrogens with zero attached hydrogens (tertiary/aromatic N) is 3. The number of anilines is 1. The molecule has 0 unspecified atom stereocenters. The molecule has 3 aromatic rings. The number of phenols is 1. The molecule has 0 spiro atoms. The van der Waals surface area contributed by atoms with Gasteiger partial charge in [0.2, 0.25) is 0 Å². The second-order valence-electron chi connectivity index (χ2n) is 8.53. The van der Waals surface area contributed by atoms with Crippen molar-refractivity contribution >= 4 is 29.5 Å². The van der Waals surface area contributed by atoms with Crippen molar-refractivity contribution in [2.45, 2.75) is 13.0 Å². The van der Waals surface area contributed by atoms with Crippen LogP contribution < -0.4 is 4.90 Å². The highest BCUT2D eigenvalue weighted by Gasteiger charge is 2.19. The molecule has 0 radical (unpaired) electrons. The van der Waals surface area contributed by atoms with E-state index in [1.54, 1.807) is 42.6 Å². The van der Waals surface area contributed by atoms with Crippen molar-refractivity contribution < 1.29 is 14.7 Å². The van der Waals surface area contributed by atoms with Crippen molar-refractivity contribution in [3.8, 4) is 5.75 Å². The molecular formula is C29H29N3O3. The monoisotopic (exact) mass is 467 g/mol. The normalized spacial score (nSPS) is 14.6. The van der Waals surface area contributed by atoms with Crippen molar-refractivity contribution in [2.75, 3.05) is 31.1 Å². The lowest BCUT2D eigenvalue weighted by Gasteiger charge is -2.36. The van der Waals surface area contributed by atoms with E-state index in [0.29, 0.717) is 0 Å². The summed E-state index contributed by atoms with van der Waals surface area (Å²) in [5, 5.41) is 9.32. The van der Waals surface area contributed by atoms with E-state index in [1.807, 2.05) is 18.2 Å². The van der Waals surface area contributed by atoms with Crippen molar-refractivity contribution in [3.05, 3.63) is 102 Å². The number of aromatic hydroxyl groups is 1. The highest BCUT2D eigenvalue weighted by atomic mass is 16.3. The number of ketones is 2. The average Bonchev–Trinajstić information content (AvgIpc) is 2.88. The molecule has 2 heterocycles. The van der Waals surface area contributed by atoms with Gasteiger partial charge in [0.15, 0.2) is 11.6 Å². The second kappa shape index (κ2) is 11.9. The van der Waals surface area contributed by atoms with E-state index >= 15 is 0 Å². The highest BCUT2D eigenvalue weighted by molar-refractivity contribution is 6.11. The Balaban J connectivity index is 1.31. The van der Waals surface area contributed by atoms with Gasteiger partial charge in [-0.05, 0) is 53.6 Å². The van der Waals surface area contributed by atoms with Crippen LogP contribution in [0.5, 0.6) is 5.75 Å². The Bertz CT molecular complexity index is 1200. The molecule has 1 aromatic heterocycles. The maximum Gasteiger partial charge on any atom is 0.163 e. The van der Waals surface area contributed by atoms with Gasteiger partial charge in [-0.3, -0.25) is 14.5 Å². The number of pyridine rings is 1. The fourth-order valence-electron chi connectivity index (χ4n) is 4.01. The molecule has 1 aliphatic rings. The fraction of sp³-hybridized carbons (Fsp3) is 0.207. The van der Waals surface area contributed by atoms with Crippen LogP contribution in [0.25, 0.3) is 12.2 Å². The van der Waals surface area contributed by atoms with Gasteiger partial charge in [0, 0.05) is 44.5 Å². The third-order valence-corrected chi connectivity index (χ3v) is 5.89. The highest BCUT2D eigenvalue weighted by Crippen LogP contribution is 2.21. The van der Waals surface area contributed by atoms with Gasteiger partial charge in [0.1, 0.15) is 11.6 Å². The number of allylic oxidation sites excluding steroid dienone is 2. The fourth-order valence-corrected chi connectivity index (χ4v) is 4.01. The van der Waals surface area contributed by atoms with Crippen LogP contribution in [0.1, 0.15) is 23.1 Å². The standard InChI is InChI=1S/C29H29N3O3/c33-26-12-8-23(9-13-26)10-14-27(34)21-28(35)15-11-25-7-4-16-30-29(25)32-19-17-31(18-20-32)22-24-5-2-1-3-6-24/h1-16,33H,17-22H2. The molecule has 4 rings (SSSR count). The summed E-state index contributed by atoms with van der Waals surface area (Å²) in [6, 6.07) is 20.8. The number of aromatic nitrogens is 1. The zero-order chi connectivity index (χ0) is 24.5. The maximum atomic E-state index is 12.4. The minimum absolute atomic E-state index is 0.164. The lowest BCUT2D eigenvalue weighted by molar-refractivity contribution is -0.121. The summed E-state index contributed by atoms with van der Waals surface area (Å²) < 4.78 is 0. The quantitative estimate of drug-likeness (QED) is 0.372. The van der Waals surface area contributed by atoms with Crippen LogP contribution in [0.15, 0.2) is 85.1 Å². The average molecular weight is 468 g/mol. The lowest BCUT2D eigenvalue weighted by atomic mass is 10.1. The van der Waals surface area contributed by atoms with Crippen LogP contribution in [0, 0.1) is 0 Å². The molecule has 178 valence electrons. The van der Waals surface area contributed by atoms with Gasteiger partial charge >= 0.3 is 0 Å². The first-order valence-corrected chi connectivity index (χ1v) is 11.7. The van der Waals surface area contributed by atoms with Crippen LogP contribution in [0.3, 0.4) is 0 Å². The molecule has 0 bridgehead atoms. The van der Waals surface area contributed by atoms with Crippen molar-refractivity contribution in [2.24, 2.45) is 0 Å². The van der Waals surface area contributed by atoms with E-state index in [9.17, 15) is 14.7 Å². The molecule has 1 saturated heterocycles. The van der Waals surface area contributed by atoms with E-state index in [-0.39, 0.29) is 23.7 Å². The predicted molar refractivity (Wildman–Crippen MR) is 139 cm³/mol. The van der Waals surface area contributed by atoms with Crippen molar-refractivity contribution in [1.82, 2.24) is 9.88 Å². The Kier molecular flexibility index (Phi) is 8.20. The molecule has 1 N–H and O–H groups in total. The number of phenolic OH excluding ortho intramolecular Hbond substituents is 1. The van der Waals surface area contributed by atoms with E-state index in [2.05, 4.69) is 39.0 Å². The topological polar surface area (TPSA) is 73.7 Å². The molecule has 35 heavy (non-hydrogen) atoms.